The van der Waals surface area contributed by atoms with E-state index in [9.17, 15) is 0 Å². The molecule has 0 N–H and O–H groups in total. The minimum absolute atomic E-state index is 0.727. The van der Waals surface area contributed by atoms with Gasteiger partial charge in [-0.15, -0.1) is 23.5 Å². The zero-order valence-corrected chi connectivity index (χ0v) is 11.7. The maximum absolute atomic E-state index is 2.47. The second-order valence-corrected chi connectivity index (χ2v) is 7.09. The van der Waals surface area contributed by atoms with Gasteiger partial charge in [-0.2, -0.15) is 0 Å². The molecule has 86 valence electrons. The fraction of sp³-hybridized carbons (Fsp3) is 0.692. The normalized spacial score (nSPS) is 19.0. The van der Waals surface area contributed by atoms with Crippen molar-refractivity contribution < 1.29 is 0 Å². The van der Waals surface area contributed by atoms with Crippen LogP contribution in [0.5, 0.6) is 0 Å². The molecule has 1 aliphatic heterocycles. The van der Waals surface area contributed by atoms with Crippen LogP contribution >= 0.6 is 23.5 Å². The highest BCUT2D eigenvalue weighted by molar-refractivity contribution is 8.17. The van der Waals surface area contributed by atoms with Crippen LogP contribution in [0.1, 0.15) is 40.0 Å². The maximum Gasteiger partial charge on any atom is 0.0684 e. The Morgan fingerprint density at radius 1 is 1.20 bits per heavy atom. The standard InChI is InChI=1S/C13H22S2/c1-11(2)6-4-7-12(3)10-13-14-8-5-9-15-13/h6,10,13H,4-5,7-9H2,1-3H3. The molecule has 0 unspecified atom stereocenters. The van der Waals surface area contributed by atoms with E-state index in [2.05, 4.69) is 56.4 Å². The molecule has 0 atom stereocenters. The first kappa shape index (κ1) is 13.2. The van der Waals surface area contributed by atoms with Gasteiger partial charge in [0.05, 0.1) is 4.58 Å². The average Bonchev–Trinajstić information content (AvgIpc) is 2.18. The van der Waals surface area contributed by atoms with Crippen molar-refractivity contribution in [3.05, 3.63) is 23.3 Å². The van der Waals surface area contributed by atoms with Crippen LogP contribution in [0.25, 0.3) is 0 Å². The Morgan fingerprint density at radius 2 is 1.87 bits per heavy atom. The summed E-state index contributed by atoms with van der Waals surface area (Å²) in [6.45, 7) is 6.62. The maximum atomic E-state index is 2.47. The van der Waals surface area contributed by atoms with Crippen LogP contribution in [0, 0.1) is 0 Å². The predicted octanol–water partition coefficient (Wildman–Crippen LogP) is 4.88. The lowest BCUT2D eigenvalue weighted by atomic mass is 10.1. The van der Waals surface area contributed by atoms with E-state index in [4.69, 9.17) is 0 Å². The molecule has 0 amide bonds. The highest BCUT2D eigenvalue weighted by atomic mass is 32.2. The molecule has 0 nitrogen and oxygen atoms in total. The molecular formula is C13H22S2. The minimum Gasteiger partial charge on any atom is -0.143 e. The average molecular weight is 242 g/mol. The van der Waals surface area contributed by atoms with Gasteiger partial charge in [-0.25, -0.2) is 0 Å². The Labute approximate surface area is 103 Å². The van der Waals surface area contributed by atoms with Crippen molar-refractivity contribution in [2.45, 2.75) is 44.6 Å². The van der Waals surface area contributed by atoms with E-state index in [1.165, 1.54) is 36.3 Å². The van der Waals surface area contributed by atoms with Crippen LogP contribution in [-0.2, 0) is 0 Å². The zero-order valence-electron chi connectivity index (χ0n) is 10.1. The van der Waals surface area contributed by atoms with E-state index in [0.717, 1.165) is 4.58 Å². The van der Waals surface area contributed by atoms with Crippen molar-refractivity contribution in [1.82, 2.24) is 0 Å². The van der Waals surface area contributed by atoms with Gasteiger partial charge in [0.15, 0.2) is 0 Å². The zero-order chi connectivity index (χ0) is 11.1. The van der Waals surface area contributed by atoms with Crippen LogP contribution in [0.4, 0.5) is 0 Å². The van der Waals surface area contributed by atoms with Gasteiger partial charge < -0.3 is 0 Å². The lowest BCUT2D eigenvalue weighted by Crippen LogP contribution is -2.04. The smallest absolute Gasteiger partial charge is 0.0684 e. The Balaban J connectivity index is 2.28. The molecule has 0 radical (unpaired) electrons. The van der Waals surface area contributed by atoms with Gasteiger partial charge in [-0.3, -0.25) is 0 Å². The number of thioether (sulfide) groups is 2. The van der Waals surface area contributed by atoms with Crippen molar-refractivity contribution in [1.29, 1.82) is 0 Å². The number of hydrogen-bond acceptors (Lipinski definition) is 2. The molecule has 0 aromatic carbocycles. The molecule has 0 bridgehead atoms. The van der Waals surface area contributed by atoms with Gasteiger partial charge in [0.25, 0.3) is 0 Å². The second kappa shape index (κ2) is 7.45. The van der Waals surface area contributed by atoms with Crippen molar-refractivity contribution in [3.8, 4) is 0 Å². The summed E-state index contributed by atoms with van der Waals surface area (Å²) in [6.07, 6.45) is 8.61. The fourth-order valence-electron chi connectivity index (χ4n) is 1.51. The molecule has 1 aliphatic rings. The topological polar surface area (TPSA) is 0 Å². The Bertz CT molecular complexity index is 231. The summed E-state index contributed by atoms with van der Waals surface area (Å²) in [6, 6.07) is 0. The fourth-order valence-corrected chi connectivity index (χ4v) is 4.40. The molecule has 0 aromatic rings. The van der Waals surface area contributed by atoms with Crippen LogP contribution in [0.15, 0.2) is 23.3 Å². The van der Waals surface area contributed by atoms with Crippen molar-refractivity contribution in [2.75, 3.05) is 11.5 Å². The molecule has 2 heteroatoms. The predicted molar refractivity (Wildman–Crippen MR) is 75.7 cm³/mol. The third-order valence-corrected chi connectivity index (χ3v) is 5.16. The summed E-state index contributed by atoms with van der Waals surface area (Å²) >= 11 is 4.20. The molecular weight excluding hydrogens is 220 g/mol. The number of hydrogen-bond donors (Lipinski definition) is 0. The highest BCUT2D eigenvalue weighted by Gasteiger charge is 2.11. The largest absolute Gasteiger partial charge is 0.143 e. The van der Waals surface area contributed by atoms with E-state index in [1.54, 1.807) is 5.57 Å². The van der Waals surface area contributed by atoms with Gasteiger partial charge >= 0.3 is 0 Å². The van der Waals surface area contributed by atoms with Gasteiger partial charge in [0.1, 0.15) is 0 Å². The van der Waals surface area contributed by atoms with Crippen LogP contribution in [0.2, 0.25) is 0 Å². The summed E-state index contributed by atoms with van der Waals surface area (Å²) in [5.41, 5.74) is 2.99. The molecule has 0 aromatic heterocycles. The third-order valence-electron chi connectivity index (χ3n) is 2.36. The third kappa shape index (κ3) is 6.36. The first-order valence-electron chi connectivity index (χ1n) is 5.72. The van der Waals surface area contributed by atoms with Gasteiger partial charge in [-0.05, 0) is 51.5 Å². The summed E-state index contributed by atoms with van der Waals surface area (Å²) in [4.78, 5) is 0. The summed E-state index contributed by atoms with van der Waals surface area (Å²) in [5.74, 6) is 2.69. The molecule has 0 spiro atoms. The van der Waals surface area contributed by atoms with E-state index in [0.29, 0.717) is 0 Å². The minimum atomic E-state index is 0.727. The van der Waals surface area contributed by atoms with Crippen LogP contribution in [-0.4, -0.2) is 16.1 Å². The van der Waals surface area contributed by atoms with Gasteiger partial charge in [0.2, 0.25) is 0 Å². The van der Waals surface area contributed by atoms with Crippen molar-refractivity contribution in [3.63, 3.8) is 0 Å². The van der Waals surface area contributed by atoms with E-state index >= 15 is 0 Å². The Hall–Kier alpha value is 0.180. The lowest BCUT2D eigenvalue weighted by Gasteiger charge is -2.18. The molecule has 1 saturated heterocycles. The van der Waals surface area contributed by atoms with E-state index in [1.807, 2.05) is 0 Å². The lowest BCUT2D eigenvalue weighted by molar-refractivity contribution is 0.962. The summed E-state index contributed by atoms with van der Waals surface area (Å²) in [5, 5.41) is 0. The van der Waals surface area contributed by atoms with Crippen LogP contribution in [0.3, 0.4) is 0 Å². The SMILES string of the molecule is CC(C)=CCCC(C)=CC1SCCCS1. The summed E-state index contributed by atoms with van der Waals surface area (Å²) < 4.78 is 0.727. The highest BCUT2D eigenvalue weighted by Crippen LogP contribution is 2.32. The second-order valence-electron chi connectivity index (χ2n) is 4.30. The molecule has 0 saturated carbocycles. The Kier molecular flexibility index (Phi) is 6.58. The molecule has 1 fully saturated rings. The Morgan fingerprint density at radius 3 is 2.47 bits per heavy atom. The van der Waals surface area contributed by atoms with E-state index < -0.39 is 0 Å². The molecule has 1 rings (SSSR count). The van der Waals surface area contributed by atoms with Crippen molar-refractivity contribution >= 4 is 23.5 Å². The van der Waals surface area contributed by atoms with Crippen molar-refractivity contribution in [2.24, 2.45) is 0 Å². The summed E-state index contributed by atoms with van der Waals surface area (Å²) in [7, 11) is 0. The molecule has 15 heavy (non-hydrogen) atoms. The van der Waals surface area contributed by atoms with Gasteiger partial charge in [-0.1, -0.05) is 23.3 Å². The van der Waals surface area contributed by atoms with Crippen LogP contribution < -0.4 is 0 Å². The quantitative estimate of drug-likeness (QED) is 0.645. The van der Waals surface area contributed by atoms with Gasteiger partial charge in [0, 0.05) is 0 Å². The number of rotatable bonds is 4. The monoisotopic (exact) mass is 242 g/mol. The molecule has 0 aliphatic carbocycles. The first-order valence-corrected chi connectivity index (χ1v) is 7.82. The van der Waals surface area contributed by atoms with E-state index in [-0.39, 0.29) is 0 Å². The number of allylic oxidation sites excluding steroid dienone is 3. The first-order chi connectivity index (χ1) is 7.18. The molecule has 1 heterocycles.